The quantitative estimate of drug-likeness (QED) is 0.388. The second-order valence-corrected chi connectivity index (χ2v) is 8.05. The lowest BCUT2D eigenvalue weighted by atomic mass is 10.2. The molecular formula is C19H22N6O2S2. The van der Waals surface area contributed by atoms with Crippen LogP contribution < -0.4 is 10.1 Å². The molecule has 0 fully saturated rings. The van der Waals surface area contributed by atoms with Crippen LogP contribution in [0.1, 0.15) is 23.3 Å². The second kappa shape index (κ2) is 10.2. The van der Waals surface area contributed by atoms with Gasteiger partial charge in [0.05, 0.1) is 5.75 Å². The van der Waals surface area contributed by atoms with Crippen molar-refractivity contribution in [2.75, 3.05) is 11.1 Å². The molecule has 1 amide bonds. The van der Waals surface area contributed by atoms with Gasteiger partial charge in [-0.15, -0.1) is 27.0 Å². The third kappa shape index (κ3) is 5.64. The van der Waals surface area contributed by atoms with Crippen LogP contribution in [0.15, 0.2) is 42.1 Å². The summed E-state index contributed by atoms with van der Waals surface area (Å²) in [5.74, 6) is 1.50. The molecule has 0 aliphatic rings. The first-order chi connectivity index (χ1) is 14.1. The van der Waals surface area contributed by atoms with Gasteiger partial charge < -0.3 is 4.74 Å². The second-order valence-electron chi connectivity index (χ2n) is 6.04. The topological polar surface area (TPSA) is 94.8 Å². The highest BCUT2D eigenvalue weighted by atomic mass is 32.2. The molecule has 0 unspecified atom stereocenters. The van der Waals surface area contributed by atoms with E-state index in [4.69, 9.17) is 4.74 Å². The van der Waals surface area contributed by atoms with Crippen molar-refractivity contribution in [3.8, 4) is 5.75 Å². The Kier molecular flexibility index (Phi) is 7.36. The Hall–Kier alpha value is -2.72. The number of hydrogen-bond donors (Lipinski definition) is 1. The summed E-state index contributed by atoms with van der Waals surface area (Å²) in [7, 11) is 0. The average Bonchev–Trinajstić information content (AvgIpc) is 3.33. The number of anilines is 1. The highest BCUT2D eigenvalue weighted by Crippen LogP contribution is 2.21. The first kappa shape index (κ1) is 21.0. The Labute approximate surface area is 177 Å². The van der Waals surface area contributed by atoms with Gasteiger partial charge in [0.25, 0.3) is 0 Å². The number of carbonyl (C=O) groups excluding carboxylic acids is 1. The smallest absolute Gasteiger partial charge is 0.236 e. The summed E-state index contributed by atoms with van der Waals surface area (Å²) >= 11 is 2.68. The number of thioether (sulfide) groups is 1. The van der Waals surface area contributed by atoms with Crippen molar-refractivity contribution in [1.29, 1.82) is 0 Å². The summed E-state index contributed by atoms with van der Waals surface area (Å²) < 4.78 is 7.77. The number of amides is 1. The summed E-state index contributed by atoms with van der Waals surface area (Å²) in [6.07, 6.45) is 2.55. The maximum atomic E-state index is 12.2. The molecular weight excluding hydrogens is 408 g/mol. The Morgan fingerprint density at radius 2 is 2.14 bits per heavy atom. The predicted octanol–water partition coefficient (Wildman–Crippen LogP) is 3.50. The van der Waals surface area contributed by atoms with Crippen LogP contribution in [0, 0.1) is 6.92 Å². The molecule has 10 heteroatoms. The van der Waals surface area contributed by atoms with Crippen molar-refractivity contribution in [1.82, 2.24) is 25.0 Å². The number of nitrogens with one attached hydrogen (secondary N) is 1. The Morgan fingerprint density at radius 3 is 2.86 bits per heavy atom. The number of rotatable bonds is 10. The van der Waals surface area contributed by atoms with Gasteiger partial charge in [0.15, 0.2) is 11.0 Å². The molecule has 0 radical (unpaired) electrons. The average molecular weight is 431 g/mol. The first-order valence-corrected chi connectivity index (χ1v) is 10.9. The van der Waals surface area contributed by atoms with Gasteiger partial charge >= 0.3 is 0 Å². The molecule has 0 aliphatic carbocycles. The van der Waals surface area contributed by atoms with Crippen molar-refractivity contribution < 1.29 is 9.53 Å². The van der Waals surface area contributed by atoms with E-state index in [1.165, 1.54) is 23.1 Å². The third-order valence-corrected chi connectivity index (χ3v) is 5.85. The van der Waals surface area contributed by atoms with Crippen molar-refractivity contribution in [2.45, 2.75) is 38.6 Å². The van der Waals surface area contributed by atoms with Crippen molar-refractivity contribution >= 4 is 34.1 Å². The zero-order chi connectivity index (χ0) is 20.6. The maximum Gasteiger partial charge on any atom is 0.236 e. The standard InChI is InChI=1S/C19H22N6O2S2/c1-4-10-25-15(11-27-14-9-7-6-8-13(14)3)21-24-19(25)28-12-16(26)20-18-23-22-17(5-2)29-18/h4,6-9H,1,5,10-12H2,2-3H3,(H,20,23,26). The Bertz CT molecular complexity index is 985. The van der Waals surface area contributed by atoms with Crippen LogP contribution >= 0.6 is 23.1 Å². The Morgan fingerprint density at radius 1 is 1.31 bits per heavy atom. The molecule has 29 heavy (non-hydrogen) atoms. The molecule has 2 heterocycles. The highest BCUT2D eigenvalue weighted by molar-refractivity contribution is 7.99. The summed E-state index contributed by atoms with van der Waals surface area (Å²) in [5, 5.41) is 21.2. The van der Waals surface area contributed by atoms with E-state index in [2.05, 4.69) is 32.3 Å². The predicted molar refractivity (Wildman–Crippen MR) is 114 cm³/mol. The largest absolute Gasteiger partial charge is 0.485 e. The zero-order valence-electron chi connectivity index (χ0n) is 16.3. The summed E-state index contributed by atoms with van der Waals surface area (Å²) in [4.78, 5) is 12.2. The van der Waals surface area contributed by atoms with E-state index in [0.29, 0.717) is 22.7 Å². The number of allylic oxidation sites excluding steroid dienone is 1. The van der Waals surface area contributed by atoms with Crippen LogP contribution in [0.3, 0.4) is 0 Å². The van der Waals surface area contributed by atoms with Crippen LogP contribution in [-0.2, 0) is 24.4 Å². The van der Waals surface area contributed by atoms with Crippen LogP contribution in [0.2, 0.25) is 0 Å². The number of aryl methyl sites for hydroxylation is 2. The number of ether oxygens (including phenoxy) is 1. The van der Waals surface area contributed by atoms with E-state index in [9.17, 15) is 4.79 Å². The molecule has 3 aromatic rings. The van der Waals surface area contributed by atoms with Crippen LogP contribution in [0.25, 0.3) is 0 Å². The lowest BCUT2D eigenvalue weighted by molar-refractivity contribution is -0.113. The lowest BCUT2D eigenvalue weighted by Gasteiger charge is -2.10. The number of aromatic nitrogens is 5. The summed E-state index contributed by atoms with van der Waals surface area (Å²) in [6, 6.07) is 7.80. The normalized spacial score (nSPS) is 10.7. The SMILES string of the molecule is C=CCn1c(COc2ccccc2C)nnc1SCC(=O)Nc1nnc(CC)s1. The first-order valence-electron chi connectivity index (χ1n) is 9.07. The fourth-order valence-electron chi connectivity index (χ4n) is 2.44. The van der Waals surface area contributed by atoms with E-state index in [1.54, 1.807) is 6.08 Å². The monoisotopic (exact) mass is 430 g/mol. The zero-order valence-corrected chi connectivity index (χ0v) is 17.9. The lowest BCUT2D eigenvalue weighted by Crippen LogP contribution is -2.15. The van der Waals surface area contributed by atoms with Crippen molar-refractivity contribution in [3.05, 3.63) is 53.3 Å². The minimum atomic E-state index is -0.167. The number of nitrogens with zero attached hydrogens (tertiary/aromatic N) is 5. The molecule has 3 rings (SSSR count). The summed E-state index contributed by atoms with van der Waals surface area (Å²) in [5.41, 5.74) is 1.05. The molecule has 152 valence electrons. The van der Waals surface area contributed by atoms with Gasteiger partial charge in [0.1, 0.15) is 17.4 Å². The molecule has 0 spiro atoms. The molecule has 0 saturated heterocycles. The molecule has 2 aromatic heterocycles. The van der Waals surface area contributed by atoms with E-state index in [0.717, 1.165) is 22.7 Å². The van der Waals surface area contributed by atoms with Gasteiger partial charge in [-0.25, -0.2) is 0 Å². The van der Waals surface area contributed by atoms with Gasteiger partial charge in [-0.05, 0) is 25.0 Å². The van der Waals surface area contributed by atoms with E-state index >= 15 is 0 Å². The molecule has 0 saturated carbocycles. The van der Waals surface area contributed by atoms with Crippen molar-refractivity contribution in [3.63, 3.8) is 0 Å². The number of para-hydroxylation sites is 1. The molecule has 8 nitrogen and oxygen atoms in total. The van der Waals surface area contributed by atoms with Gasteiger partial charge in [-0.2, -0.15) is 0 Å². The minimum absolute atomic E-state index is 0.167. The number of carbonyl (C=O) groups is 1. The fourth-order valence-corrected chi connectivity index (χ4v) is 3.90. The fraction of sp³-hybridized carbons (Fsp3) is 0.316. The van der Waals surface area contributed by atoms with Crippen LogP contribution in [0.4, 0.5) is 5.13 Å². The van der Waals surface area contributed by atoms with Crippen LogP contribution in [-0.4, -0.2) is 36.6 Å². The molecule has 0 atom stereocenters. The highest BCUT2D eigenvalue weighted by Gasteiger charge is 2.15. The van der Waals surface area contributed by atoms with Gasteiger partial charge in [-0.1, -0.05) is 54.3 Å². The number of hydrogen-bond acceptors (Lipinski definition) is 8. The minimum Gasteiger partial charge on any atom is -0.485 e. The summed E-state index contributed by atoms with van der Waals surface area (Å²) in [6.45, 7) is 8.59. The molecule has 0 bridgehead atoms. The number of benzene rings is 1. The van der Waals surface area contributed by atoms with E-state index in [-0.39, 0.29) is 18.3 Å². The van der Waals surface area contributed by atoms with Gasteiger partial charge in [0, 0.05) is 6.54 Å². The van der Waals surface area contributed by atoms with Crippen molar-refractivity contribution in [2.24, 2.45) is 0 Å². The van der Waals surface area contributed by atoms with E-state index < -0.39 is 0 Å². The van der Waals surface area contributed by atoms with Gasteiger partial charge in [-0.3, -0.25) is 14.7 Å². The Balaban J connectivity index is 1.61. The van der Waals surface area contributed by atoms with Gasteiger partial charge in [0.2, 0.25) is 11.0 Å². The third-order valence-electron chi connectivity index (χ3n) is 3.90. The molecule has 1 aromatic carbocycles. The molecule has 0 aliphatic heterocycles. The maximum absolute atomic E-state index is 12.2. The van der Waals surface area contributed by atoms with E-state index in [1.807, 2.05) is 42.7 Å². The molecule has 1 N–H and O–H groups in total. The van der Waals surface area contributed by atoms with Crippen LogP contribution in [0.5, 0.6) is 5.75 Å².